The zero-order valence-corrected chi connectivity index (χ0v) is 15.8. The summed E-state index contributed by atoms with van der Waals surface area (Å²) in [6, 6.07) is 6.44. The summed E-state index contributed by atoms with van der Waals surface area (Å²) in [5, 5.41) is 3.06. The van der Waals surface area contributed by atoms with Crippen LogP contribution < -0.4 is 16.6 Å². The molecule has 2 rings (SSSR count). The minimum absolute atomic E-state index is 0.00985. The van der Waals surface area contributed by atoms with Gasteiger partial charge in [0.2, 0.25) is 0 Å². The number of ether oxygens (including phenoxy) is 1. The van der Waals surface area contributed by atoms with Crippen molar-refractivity contribution in [3.63, 3.8) is 0 Å². The van der Waals surface area contributed by atoms with Gasteiger partial charge in [0, 0.05) is 6.04 Å². The molecule has 0 saturated heterocycles. The predicted molar refractivity (Wildman–Crippen MR) is 101 cm³/mol. The van der Waals surface area contributed by atoms with Crippen LogP contribution in [0.15, 0.2) is 33.9 Å². The van der Waals surface area contributed by atoms with Crippen molar-refractivity contribution in [2.75, 3.05) is 6.61 Å². The number of hydrogen-bond acceptors (Lipinski definition) is 5. The fraction of sp³-hybridized carbons (Fsp3) is 0.474. The van der Waals surface area contributed by atoms with E-state index in [1.807, 2.05) is 6.92 Å². The maximum atomic E-state index is 12.0. The first-order valence-corrected chi connectivity index (χ1v) is 8.94. The van der Waals surface area contributed by atoms with E-state index in [0.717, 1.165) is 17.4 Å². The number of rotatable bonds is 8. The van der Waals surface area contributed by atoms with Gasteiger partial charge in [0.25, 0.3) is 11.5 Å². The number of nitrogens with zero attached hydrogens (tertiary/aromatic N) is 1. The number of carbonyl (C=O) groups excluding carboxylic acids is 2. The van der Waals surface area contributed by atoms with E-state index >= 15 is 0 Å². The first-order valence-electron chi connectivity index (χ1n) is 8.94. The van der Waals surface area contributed by atoms with Gasteiger partial charge in [0.1, 0.15) is 6.54 Å². The highest BCUT2D eigenvalue weighted by molar-refractivity contribution is 5.82. The van der Waals surface area contributed by atoms with Gasteiger partial charge in [0.05, 0.1) is 10.9 Å². The average Bonchev–Trinajstić information content (AvgIpc) is 2.61. The summed E-state index contributed by atoms with van der Waals surface area (Å²) in [6.45, 7) is 5.30. The number of amides is 1. The van der Waals surface area contributed by atoms with E-state index in [-0.39, 0.29) is 6.04 Å². The highest BCUT2D eigenvalue weighted by atomic mass is 16.5. The maximum absolute atomic E-state index is 12.0. The second-order valence-corrected chi connectivity index (χ2v) is 6.96. The molecule has 0 bridgehead atoms. The van der Waals surface area contributed by atoms with Crippen LogP contribution in [0.4, 0.5) is 0 Å². The summed E-state index contributed by atoms with van der Waals surface area (Å²) in [5.41, 5.74) is -0.896. The number of esters is 1. The Balaban J connectivity index is 1.95. The second kappa shape index (κ2) is 9.16. The summed E-state index contributed by atoms with van der Waals surface area (Å²) in [7, 11) is 0. The normalized spacial score (nSPS) is 12.1. The summed E-state index contributed by atoms with van der Waals surface area (Å²) in [4.78, 5) is 49.9. The quantitative estimate of drug-likeness (QED) is 0.673. The monoisotopic (exact) mass is 375 g/mol. The number of aromatic amines is 1. The Morgan fingerprint density at radius 2 is 1.85 bits per heavy atom. The third kappa shape index (κ3) is 5.80. The second-order valence-electron chi connectivity index (χ2n) is 6.96. The molecule has 0 saturated carbocycles. The number of H-pyrrole nitrogens is 1. The molecule has 0 radical (unpaired) electrons. The van der Waals surface area contributed by atoms with Gasteiger partial charge in [-0.3, -0.25) is 23.9 Å². The number of nitrogens with one attached hydrogen (secondary N) is 2. The van der Waals surface area contributed by atoms with Crippen LogP contribution in [-0.2, 0) is 20.9 Å². The lowest BCUT2D eigenvalue weighted by Gasteiger charge is -2.15. The highest BCUT2D eigenvalue weighted by Gasteiger charge is 2.14. The predicted octanol–water partition coefficient (Wildman–Crippen LogP) is 1.17. The van der Waals surface area contributed by atoms with E-state index < -0.39 is 36.3 Å². The van der Waals surface area contributed by atoms with Crippen LogP contribution in [0.25, 0.3) is 10.9 Å². The average molecular weight is 375 g/mol. The summed E-state index contributed by atoms with van der Waals surface area (Å²) < 4.78 is 6.08. The van der Waals surface area contributed by atoms with Crippen molar-refractivity contribution in [1.82, 2.24) is 14.9 Å². The van der Waals surface area contributed by atoms with Crippen molar-refractivity contribution in [3.05, 3.63) is 45.1 Å². The van der Waals surface area contributed by atoms with Gasteiger partial charge >= 0.3 is 11.7 Å². The van der Waals surface area contributed by atoms with Gasteiger partial charge in [-0.1, -0.05) is 26.0 Å². The van der Waals surface area contributed by atoms with Gasteiger partial charge < -0.3 is 10.1 Å². The zero-order valence-electron chi connectivity index (χ0n) is 15.8. The third-order valence-electron chi connectivity index (χ3n) is 4.14. The Labute approximate surface area is 156 Å². The SMILES string of the molecule is CC(C)CCC(C)NC(=O)COC(=O)Cn1c(=O)[nH]c(=O)c2ccccc21. The molecule has 1 unspecified atom stereocenters. The number of aromatic nitrogens is 2. The van der Waals surface area contributed by atoms with Crippen molar-refractivity contribution in [1.29, 1.82) is 0 Å². The van der Waals surface area contributed by atoms with Crippen LogP contribution in [0.2, 0.25) is 0 Å². The van der Waals surface area contributed by atoms with Crippen molar-refractivity contribution in [2.45, 2.75) is 46.2 Å². The molecule has 0 aliphatic carbocycles. The molecule has 1 aromatic carbocycles. The number of fused-ring (bicyclic) bond motifs is 1. The molecule has 1 heterocycles. The van der Waals surface area contributed by atoms with Crippen LogP contribution in [0.5, 0.6) is 0 Å². The fourth-order valence-corrected chi connectivity index (χ4v) is 2.69. The Morgan fingerprint density at radius 3 is 2.56 bits per heavy atom. The minimum Gasteiger partial charge on any atom is -0.454 e. The van der Waals surface area contributed by atoms with Crippen LogP contribution in [0.1, 0.15) is 33.6 Å². The highest BCUT2D eigenvalue weighted by Crippen LogP contribution is 2.07. The molecule has 0 fully saturated rings. The van der Waals surface area contributed by atoms with Crippen molar-refractivity contribution in [3.8, 4) is 0 Å². The maximum Gasteiger partial charge on any atom is 0.329 e. The van der Waals surface area contributed by atoms with Crippen LogP contribution in [0, 0.1) is 5.92 Å². The Bertz CT molecular complexity index is 929. The lowest BCUT2D eigenvalue weighted by Crippen LogP contribution is -2.37. The summed E-state index contributed by atoms with van der Waals surface area (Å²) >= 11 is 0. The molecule has 27 heavy (non-hydrogen) atoms. The van der Waals surface area contributed by atoms with Crippen molar-refractivity contribution >= 4 is 22.8 Å². The van der Waals surface area contributed by atoms with Crippen LogP contribution >= 0.6 is 0 Å². The summed E-state index contributed by atoms with van der Waals surface area (Å²) in [6.07, 6.45) is 1.83. The number of benzene rings is 1. The minimum atomic E-state index is -0.737. The molecule has 1 aromatic heterocycles. The molecule has 8 nitrogen and oxygen atoms in total. The van der Waals surface area contributed by atoms with E-state index in [9.17, 15) is 19.2 Å². The van der Waals surface area contributed by atoms with E-state index in [0.29, 0.717) is 16.8 Å². The molecule has 0 aliphatic rings. The molecule has 1 amide bonds. The van der Waals surface area contributed by atoms with Gasteiger partial charge in [-0.25, -0.2) is 4.79 Å². The van der Waals surface area contributed by atoms with Gasteiger partial charge in [-0.05, 0) is 37.8 Å². The summed E-state index contributed by atoms with van der Waals surface area (Å²) in [5.74, 6) is -0.579. The molecule has 1 atom stereocenters. The molecule has 8 heteroatoms. The molecule has 0 aliphatic heterocycles. The van der Waals surface area contributed by atoms with Gasteiger partial charge in [0.15, 0.2) is 6.61 Å². The molecular formula is C19H25N3O5. The Hall–Kier alpha value is -2.90. The lowest BCUT2D eigenvalue weighted by atomic mass is 10.0. The first kappa shape index (κ1) is 20.4. The topological polar surface area (TPSA) is 110 Å². The largest absolute Gasteiger partial charge is 0.454 e. The Kier molecular flexibility index (Phi) is 6.92. The molecule has 0 spiro atoms. The van der Waals surface area contributed by atoms with Crippen molar-refractivity contribution in [2.24, 2.45) is 5.92 Å². The van der Waals surface area contributed by atoms with Crippen LogP contribution in [-0.4, -0.2) is 34.1 Å². The standard InChI is InChI=1S/C19H25N3O5/c1-12(2)8-9-13(3)20-16(23)11-27-17(24)10-22-15-7-5-4-6-14(15)18(25)21-19(22)26/h4-7,12-13H,8-11H2,1-3H3,(H,20,23)(H,21,25,26). The fourth-order valence-electron chi connectivity index (χ4n) is 2.69. The van der Waals surface area contributed by atoms with E-state index in [2.05, 4.69) is 24.1 Å². The number of hydrogen-bond donors (Lipinski definition) is 2. The molecular weight excluding hydrogens is 350 g/mol. The molecule has 2 aromatic rings. The van der Waals surface area contributed by atoms with Gasteiger partial charge in [-0.15, -0.1) is 0 Å². The van der Waals surface area contributed by atoms with E-state index in [1.165, 1.54) is 0 Å². The van der Waals surface area contributed by atoms with Gasteiger partial charge in [-0.2, -0.15) is 0 Å². The third-order valence-corrected chi connectivity index (χ3v) is 4.14. The first-order chi connectivity index (χ1) is 12.8. The number of carbonyl (C=O) groups is 2. The molecule has 2 N–H and O–H groups in total. The van der Waals surface area contributed by atoms with E-state index in [1.54, 1.807) is 24.3 Å². The van der Waals surface area contributed by atoms with Crippen molar-refractivity contribution < 1.29 is 14.3 Å². The molecule has 146 valence electrons. The zero-order chi connectivity index (χ0) is 20.0. The lowest BCUT2D eigenvalue weighted by molar-refractivity contribution is -0.149. The smallest absolute Gasteiger partial charge is 0.329 e. The number of para-hydroxylation sites is 1. The Morgan fingerprint density at radius 1 is 1.15 bits per heavy atom. The van der Waals surface area contributed by atoms with Crippen LogP contribution in [0.3, 0.4) is 0 Å². The van der Waals surface area contributed by atoms with E-state index in [4.69, 9.17) is 4.74 Å².